The van der Waals surface area contributed by atoms with E-state index in [4.69, 9.17) is 14.4 Å². The molecular formula is C7H15NiO3P+. The minimum absolute atomic E-state index is 0. The molecule has 0 aromatic heterocycles. The van der Waals surface area contributed by atoms with Crippen LogP contribution in [-0.4, -0.2) is 0 Å². The van der Waals surface area contributed by atoms with E-state index in [-0.39, 0.29) is 16.5 Å². The van der Waals surface area contributed by atoms with E-state index in [0.29, 0.717) is 0 Å². The van der Waals surface area contributed by atoms with Crippen LogP contribution in [0.1, 0.15) is 39.0 Å². The zero-order chi connectivity index (χ0) is 9.11. The van der Waals surface area contributed by atoms with Crippen molar-refractivity contribution in [3.63, 3.8) is 0 Å². The largest absolute Gasteiger partial charge is 3.00 e. The number of hydrogen-bond acceptors (Lipinski definition) is 3. The van der Waals surface area contributed by atoms with Crippen LogP contribution in [0, 0.1) is 6.92 Å². The van der Waals surface area contributed by atoms with E-state index >= 15 is 0 Å². The van der Waals surface area contributed by atoms with Gasteiger partial charge in [0.15, 0.2) is 0 Å². The second kappa shape index (κ2) is 17.6. The Morgan fingerprint density at radius 3 is 1.92 bits per heavy atom. The summed E-state index contributed by atoms with van der Waals surface area (Å²) < 4.78 is 8.48. The van der Waals surface area contributed by atoms with E-state index in [0.717, 1.165) is 6.42 Å². The van der Waals surface area contributed by atoms with Crippen molar-refractivity contribution < 1.29 is 30.8 Å². The van der Waals surface area contributed by atoms with Gasteiger partial charge in [-0.05, 0) is 0 Å². The molecule has 3 nitrogen and oxygen atoms in total. The van der Waals surface area contributed by atoms with Crippen molar-refractivity contribution in [2.75, 3.05) is 0 Å². The third-order valence-electron chi connectivity index (χ3n) is 1.10. The fourth-order valence-corrected chi connectivity index (χ4v) is 0.604. The summed E-state index contributed by atoms with van der Waals surface area (Å²) in [6, 6.07) is 0. The van der Waals surface area contributed by atoms with Gasteiger partial charge in [-0.3, -0.25) is 0 Å². The van der Waals surface area contributed by atoms with Gasteiger partial charge in [-0.15, -0.1) is 0 Å². The van der Waals surface area contributed by atoms with Gasteiger partial charge in [-0.1, -0.05) is 37.2 Å². The summed E-state index contributed by atoms with van der Waals surface area (Å²) in [5, 5.41) is 0. The van der Waals surface area contributed by atoms with Gasteiger partial charge in [0.25, 0.3) is 8.25 Å². The summed E-state index contributed by atoms with van der Waals surface area (Å²) in [5.74, 6) is 0. The molecule has 0 heterocycles. The first-order chi connectivity index (χ1) is 5.15. The van der Waals surface area contributed by atoms with Crippen molar-refractivity contribution in [3.05, 3.63) is 6.92 Å². The Bertz CT molecular complexity index is 82.7. The van der Waals surface area contributed by atoms with Gasteiger partial charge in [0, 0.05) is 0 Å². The van der Waals surface area contributed by atoms with E-state index in [1.54, 1.807) is 0 Å². The van der Waals surface area contributed by atoms with Gasteiger partial charge in [0.1, 0.15) is 0 Å². The van der Waals surface area contributed by atoms with Crippen molar-refractivity contribution in [2.45, 2.75) is 39.0 Å². The van der Waals surface area contributed by atoms with Crippen LogP contribution in [0.3, 0.4) is 0 Å². The molecule has 75 valence electrons. The summed E-state index contributed by atoms with van der Waals surface area (Å²) in [4.78, 5) is 17.0. The van der Waals surface area contributed by atoms with Crippen LogP contribution in [0.2, 0.25) is 0 Å². The molecule has 0 aliphatic heterocycles. The van der Waals surface area contributed by atoms with Crippen LogP contribution in [0.4, 0.5) is 0 Å². The van der Waals surface area contributed by atoms with E-state index in [2.05, 4.69) is 13.8 Å². The zero-order valence-electron chi connectivity index (χ0n) is 7.23. The van der Waals surface area contributed by atoms with Crippen LogP contribution in [0.5, 0.6) is 0 Å². The van der Waals surface area contributed by atoms with E-state index < -0.39 is 8.25 Å². The Balaban J connectivity index is -0.000000142. The van der Waals surface area contributed by atoms with Crippen molar-refractivity contribution in [1.29, 1.82) is 0 Å². The van der Waals surface area contributed by atoms with Gasteiger partial charge < -0.3 is 16.7 Å². The molecule has 0 rings (SSSR count). The van der Waals surface area contributed by atoms with Crippen LogP contribution in [0.15, 0.2) is 0 Å². The molecule has 0 aromatic carbocycles. The van der Waals surface area contributed by atoms with Crippen molar-refractivity contribution >= 4 is 8.25 Å². The SMILES string of the molecule is O=[P+]([O-])[O-].[CH2-]CCCCCC.[Ni+3]. The molecule has 5 heteroatoms. The summed E-state index contributed by atoms with van der Waals surface area (Å²) in [6.45, 7) is 5.98. The molecule has 12 heavy (non-hydrogen) atoms. The van der Waals surface area contributed by atoms with Gasteiger partial charge in [-0.2, -0.15) is 6.42 Å². The zero-order valence-corrected chi connectivity index (χ0v) is 9.11. The summed E-state index contributed by atoms with van der Waals surface area (Å²) in [5.41, 5.74) is 0. The van der Waals surface area contributed by atoms with E-state index in [1.165, 1.54) is 25.7 Å². The monoisotopic (exact) mass is 236 g/mol. The molecule has 0 bridgehead atoms. The average molecular weight is 237 g/mol. The molecule has 0 saturated carbocycles. The molecule has 0 aliphatic rings. The molecular weight excluding hydrogens is 222 g/mol. The molecule has 0 amide bonds. The normalized spacial score (nSPS) is 7.67. The molecule has 0 aromatic rings. The fraction of sp³-hybridized carbons (Fsp3) is 0.857. The maximum absolute atomic E-state index is 8.48. The maximum Gasteiger partial charge on any atom is 3.00 e. The van der Waals surface area contributed by atoms with Crippen LogP contribution in [-0.2, 0) is 21.1 Å². The van der Waals surface area contributed by atoms with Gasteiger partial charge in [0.05, 0.1) is 0 Å². The Morgan fingerprint density at radius 2 is 1.67 bits per heavy atom. The number of unbranched alkanes of at least 4 members (excludes halogenated alkanes) is 4. The molecule has 0 aliphatic carbocycles. The predicted octanol–water partition coefficient (Wildman–Crippen LogP) is 1.15. The standard InChI is InChI=1S/C7H15.Ni.HO3P/c1-3-5-7-6-4-2;;1-4(2)3/h1,3-7H2,2H3;;(H,1,2,3)/q-1;+3;/p-1. The first kappa shape index (κ1) is 18.3. The minimum atomic E-state index is -3.37. The van der Waals surface area contributed by atoms with Crippen molar-refractivity contribution in [1.82, 2.24) is 0 Å². The number of hydrogen-bond donors (Lipinski definition) is 0. The summed E-state index contributed by atoms with van der Waals surface area (Å²) in [7, 11) is -3.37. The minimum Gasteiger partial charge on any atom is -0.598 e. The predicted molar refractivity (Wildman–Crippen MR) is 41.7 cm³/mol. The third-order valence-corrected chi connectivity index (χ3v) is 1.10. The molecule has 1 radical (unpaired) electrons. The second-order valence-corrected chi connectivity index (χ2v) is 2.59. The van der Waals surface area contributed by atoms with Crippen LogP contribution >= 0.6 is 8.25 Å². The summed E-state index contributed by atoms with van der Waals surface area (Å²) in [6.07, 6.45) is 6.52. The maximum atomic E-state index is 8.48. The molecule has 0 fully saturated rings. The quantitative estimate of drug-likeness (QED) is 0.319. The molecule has 0 spiro atoms. The van der Waals surface area contributed by atoms with E-state index in [9.17, 15) is 0 Å². The van der Waals surface area contributed by atoms with Crippen molar-refractivity contribution in [2.24, 2.45) is 0 Å². The van der Waals surface area contributed by atoms with Crippen LogP contribution in [0.25, 0.3) is 0 Å². The van der Waals surface area contributed by atoms with E-state index in [1.807, 2.05) is 0 Å². The Morgan fingerprint density at radius 1 is 1.25 bits per heavy atom. The Hall–Kier alpha value is 0.514. The Labute approximate surface area is 85.4 Å². The molecule has 0 saturated heterocycles. The van der Waals surface area contributed by atoms with Gasteiger partial charge in [0.2, 0.25) is 0 Å². The summed E-state index contributed by atoms with van der Waals surface area (Å²) >= 11 is 0. The number of rotatable bonds is 4. The topological polar surface area (TPSA) is 63.2 Å². The van der Waals surface area contributed by atoms with Gasteiger partial charge >= 0.3 is 16.5 Å². The smallest absolute Gasteiger partial charge is 0.598 e. The third kappa shape index (κ3) is 46.7. The molecule has 0 unspecified atom stereocenters. The average Bonchev–Trinajstić information content (AvgIpc) is 1.88. The van der Waals surface area contributed by atoms with Crippen LogP contribution < -0.4 is 9.79 Å². The molecule has 0 N–H and O–H groups in total. The Kier molecular flexibility index (Phi) is 26.8. The first-order valence-electron chi connectivity index (χ1n) is 3.75. The van der Waals surface area contributed by atoms with Gasteiger partial charge in [-0.25, -0.2) is 0 Å². The van der Waals surface area contributed by atoms with Crippen molar-refractivity contribution in [3.8, 4) is 0 Å². The molecule has 0 atom stereocenters. The first-order valence-corrected chi connectivity index (χ1v) is 4.85. The second-order valence-electron chi connectivity index (χ2n) is 2.14. The fourth-order valence-electron chi connectivity index (χ4n) is 0.604.